The lowest BCUT2D eigenvalue weighted by Gasteiger charge is -2.31. The van der Waals surface area contributed by atoms with Crippen LogP contribution in [-0.2, 0) is 13.6 Å². The first-order valence-corrected chi connectivity index (χ1v) is 10.4. The highest BCUT2D eigenvalue weighted by molar-refractivity contribution is 5.93. The van der Waals surface area contributed by atoms with Gasteiger partial charge in [0, 0.05) is 44.5 Å². The van der Waals surface area contributed by atoms with Crippen molar-refractivity contribution in [3.05, 3.63) is 70.9 Å². The first-order valence-electron chi connectivity index (χ1n) is 10.4. The zero-order valence-corrected chi connectivity index (χ0v) is 17.3. The van der Waals surface area contributed by atoms with Crippen LogP contribution in [0.15, 0.2) is 64.0 Å². The van der Waals surface area contributed by atoms with Gasteiger partial charge in [0.1, 0.15) is 0 Å². The zero-order chi connectivity index (χ0) is 21.4. The van der Waals surface area contributed by atoms with Crippen LogP contribution in [0, 0.1) is 5.92 Å². The zero-order valence-electron chi connectivity index (χ0n) is 17.3. The molecular formula is C23H23N5O3. The van der Waals surface area contributed by atoms with E-state index < -0.39 is 0 Å². The number of carbonyl (C=O) groups is 1. The highest BCUT2D eigenvalue weighted by atomic mass is 16.5. The van der Waals surface area contributed by atoms with Gasteiger partial charge in [0.2, 0.25) is 0 Å². The monoisotopic (exact) mass is 417 g/mol. The number of likely N-dealkylation sites (tertiary alicyclic amines) is 1. The fourth-order valence-electron chi connectivity index (χ4n) is 4.25. The number of imidazole rings is 1. The number of rotatable bonds is 4. The van der Waals surface area contributed by atoms with Crippen LogP contribution in [0.5, 0.6) is 0 Å². The minimum absolute atomic E-state index is 0.0526. The third kappa shape index (κ3) is 3.54. The fourth-order valence-corrected chi connectivity index (χ4v) is 4.25. The Hall–Kier alpha value is -3.68. The lowest BCUT2D eigenvalue weighted by atomic mass is 9.96. The lowest BCUT2D eigenvalue weighted by molar-refractivity contribution is 0.0672. The third-order valence-corrected chi connectivity index (χ3v) is 6.03. The van der Waals surface area contributed by atoms with E-state index >= 15 is 0 Å². The Kier molecular flexibility index (Phi) is 4.89. The Morgan fingerprint density at radius 2 is 1.90 bits per heavy atom. The molecule has 8 heteroatoms. The second-order valence-electron chi connectivity index (χ2n) is 7.98. The molecular weight excluding hydrogens is 394 g/mol. The molecule has 4 aromatic rings. The van der Waals surface area contributed by atoms with Crippen molar-refractivity contribution in [1.82, 2.24) is 24.2 Å². The van der Waals surface area contributed by atoms with E-state index in [-0.39, 0.29) is 11.6 Å². The largest absolute Gasteiger partial charge is 0.355 e. The molecule has 0 aliphatic carbocycles. The molecule has 0 spiro atoms. The molecule has 1 amide bonds. The Labute approximate surface area is 178 Å². The summed E-state index contributed by atoms with van der Waals surface area (Å²) >= 11 is 0. The summed E-state index contributed by atoms with van der Waals surface area (Å²) < 4.78 is 8.76. The molecule has 0 saturated carbocycles. The SMILES string of the molecule is Cn1c(=O)n(CC2CCN(C(=O)c3cc(-c4ccccc4)on3)CC2)c2ncccc21. The molecule has 4 heterocycles. The molecule has 0 unspecified atom stereocenters. The second kappa shape index (κ2) is 7.86. The van der Waals surface area contributed by atoms with Crippen molar-refractivity contribution >= 4 is 17.1 Å². The molecule has 0 radical (unpaired) electrons. The van der Waals surface area contributed by atoms with Gasteiger partial charge >= 0.3 is 5.69 Å². The van der Waals surface area contributed by atoms with Gasteiger partial charge in [0.15, 0.2) is 17.1 Å². The van der Waals surface area contributed by atoms with E-state index in [1.54, 1.807) is 28.4 Å². The number of amides is 1. The Morgan fingerprint density at radius 3 is 2.68 bits per heavy atom. The highest BCUT2D eigenvalue weighted by Crippen LogP contribution is 2.24. The maximum absolute atomic E-state index is 12.9. The molecule has 1 fully saturated rings. The molecule has 0 N–H and O–H groups in total. The maximum Gasteiger partial charge on any atom is 0.330 e. The van der Waals surface area contributed by atoms with Crippen LogP contribution in [0.4, 0.5) is 0 Å². The number of aromatic nitrogens is 4. The minimum Gasteiger partial charge on any atom is -0.355 e. The summed E-state index contributed by atoms with van der Waals surface area (Å²) in [6, 6.07) is 15.0. The number of carbonyl (C=O) groups excluding carboxylic acids is 1. The number of fused-ring (bicyclic) bond motifs is 1. The Morgan fingerprint density at radius 1 is 1.13 bits per heavy atom. The summed E-state index contributed by atoms with van der Waals surface area (Å²) in [6.07, 6.45) is 3.36. The highest BCUT2D eigenvalue weighted by Gasteiger charge is 2.27. The number of hydrogen-bond acceptors (Lipinski definition) is 5. The molecule has 0 atom stereocenters. The predicted octanol–water partition coefficient (Wildman–Crippen LogP) is 2.94. The van der Waals surface area contributed by atoms with Gasteiger partial charge < -0.3 is 9.42 Å². The molecule has 1 aromatic carbocycles. The van der Waals surface area contributed by atoms with Gasteiger partial charge in [-0.15, -0.1) is 0 Å². The van der Waals surface area contributed by atoms with Gasteiger partial charge in [-0.05, 0) is 30.9 Å². The van der Waals surface area contributed by atoms with E-state index in [1.807, 2.05) is 47.4 Å². The van der Waals surface area contributed by atoms with Crippen LogP contribution in [0.3, 0.4) is 0 Å². The number of pyridine rings is 1. The fraction of sp³-hybridized carbons (Fsp3) is 0.304. The van der Waals surface area contributed by atoms with Crippen molar-refractivity contribution in [3.8, 4) is 11.3 Å². The van der Waals surface area contributed by atoms with Crippen LogP contribution in [-0.4, -0.2) is 43.2 Å². The number of aryl methyl sites for hydroxylation is 1. The quantitative estimate of drug-likeness (QED) is 0.510. The van der Waals surface area contributed by atoms with E-state index in [0.29, 0.717) is 42.7 Å². The van der Waals surface area contributed by atoms with Crippen molar-refractivity contribution in [3.63, 3.8) is 0 Å². The molecule has 8 nitrogen and oxygen atoms in total. The number of piperidine rings is 1. The predicted molar refractivity (Wildman–Crippen MR) is 116 cm³/mol. The molecule has 3 aromatic heterocycles. The summed E-state index contributed by atoms with van der Waals surface area (Å²) in [5, 5.41) is 3.98. The Balaban J connectivity index is 1.25. The van der Waals surface area contributed by atoms with Gasteiger partial charge in [-0.3, -0.25) is 13.9 Å². The number of benzene rings is 1. The molecule has 5 rings (SSSR count). The van der Waals surface area contributed by atoms with Crippen molar-refractivity contribution in [1.29, 1.82) is 0 Å². The van der Waals surface area contributed by atoms with E-state index in [2.05, 4.69) is 10.1 Å². The van der Waals surface area contributed by atoms with Crippen molar-refractivity contribution in [2.45, 2.75) is 19.4 Å². The second-order valence-corrected chi connectivity index (χ2v) is 7.98. The smallest absolute Gasteiger partial charge is 0.330 e. The summed E-state index contributed by atoms with van der Waals surface area (Å²) in [4.78, 5) is 31.7. The normalized spacial score (nSPS) is 14.9. The van der Waals surface area contributed by atoms with E-state index in [4.69, 9.17) is 4.52 Å². The van der Waals surface area contributed by atoms with Gasteiger partial charge in [-0.25, -0.2) is 9.78 Å². The van der Waals surface area contributed by atoms with Crippen LogP contribution in [0.25, 0.3) is 22.5 Å². The molecule has 158 valence electrons. The average molecular weight is 417 g/mol. The summed E-state index contributed by atoms with van der Waals surface area (Å²) in [6.45, 7) is 1.87. The molecule has 31 heavy (non-hydrogen) atoms. The molecule has 0 bridgehead atoms. The summed E-state index contributed by atoms with van der Waals surface area (Å²) in [7, 11) is 1.77. The molecule has 1 aliphatic rings. The molecule has 1 aliphatic heterocycles. The Bertz CT molecular complexity index is 1280. The topological polar surface area (TPSA) is 86.2 Å². The van der Waals surface area contributed by atoms with Gasteiger partial charge in [-0.1, -0.05) is 35.5 Å². The van der Waals surface area contributed by atoms with Crippen LogP contribution >= 0.6 is 0 Å². The minimum atomic E-state index is -0.117. The van der Waals surface area contributed by atoms with Crippen molar-refractivity contribution < 1.29 is 9.32 Å². The summed E-state index contributed by atoms with van der Waals surface area (Å²) in [5.74, 6) is 0.779. The van der Waals surface area contributed by atoms with Crippen LogP contribution in [0.2, 0.25) is 0 Å². The number of hydrogen-bond donors (Lipinski definition) is 0. The first kappa shape index (κ1) is 19.3. The van der Waals surface area contributed by atoms with E-state index in [1.165, 1.54) is 0 Å². The summed E-state index contributed by atoms with van der Waals surface area (Å²) in [5.41, 5.74) is 2.71. The van der Waals surface area contributed by atoms with E-state index in [9.17, 15) is 9.59 Å². The van der Waals surface area contributed by atoms with Gasteiger partial charge in [-0.2, -0.15) is 0 Å². The van der Waals surface area contributed by atoms with Crippen molar-refractivity contribution in [2.24, 2.45) is 13.0 Å². The first-order chi connectivity index (χ1) is 15.1. The van der Waals surface area contributed by atoms with Gasteiger partial charge in [0.25, 0.3) is 5.91 Å². The van der Waals surface area contributed by atoms with E-state index in [0.717, 1.165) is 23.9 Å². The van der Waals surface area contributed by atoms with Crippen LogP contribution in [0.1, 0.15) is 23.3 Å². The maximum atomic E-state index is 12.9. The lowest BCUT2D eigenvalue weighted by Crippen LogP contribution is -2.40. The van der Waals surface area contributed by atoms with Crippen LogP contribution < -0.4 is 5.69 Å². The van der Waals surface area contributed by atoms with Gasteiger partial charge in [0.05, 0.1) is 5.52 Å². The number of nitrogens with zero attached hydrogens (tertiary/aromatic N) is 5. The third-order valence-electron chi connectivity index (χ3n) is 6.03. The average Bonchev–Trinajstić information content (AvgIpc) is 3.40. The molecule has 1 saturated heterocycles. The standard InChI is InChI=1S/C23H23N5O3/c1-26-19-8-5-11-24-21(19)28(23(26)30)15-16-9-12-27(13-10-16)22(29)18-14-20(31-25-18)17-6-3-2-4-7-17/h2-8,11,14,16H,9-10,12-13,15H2,1H3. The van der Waals surface area contributed by atoms with Crippen molar-refractivity contribution in [2.75, 3.05) is 13.1 Å².